The molecule has 0 aliphatic carbocycles. The summed E-state index contributed by atoms with van der Waals surface area (Å²) in [6.45, 7) is 1.07. The van der Waals surface area contributed by atoms with Gasteiger partial charge in [-0.2, -0.15) is 5.10 Å². The Morgan fingerprint density at radius 3 is 2.60 bits per heavy atom. The van der Waals surface area contributed by atoms with Crippen LogP contribution in [0.1, 0.15) is 5.56 Å². The van der Waals surface area contributed by atoms with Crippen molar-refractivity contribution in [1.82, 2.24) is 10.2 Å². The molecule has 0 saturated heterocycles. The number of aromatic amines is 1. The van der Waals surface area contributed by atoms with Crippen molar-refractivity contribution in [2.75, 3.05) is 25.7 Å². The van der Waals surface area contributed by atoms with Crippen LogP contribution in [-0.2, 0) is 6.61 Å². The third-order valence-electron chi connectivity index (χ3n) is 4.64. The first kappa shape index (κ1) is 20.0. The lowest BCUT2D eigenvalue weighted by Gasteiger charge is -2.17. The predicted octanol–water partition coefficient (Wildman–Crippen LogP) is 4.76. The first-order valence-corrected chi connectivity index (χ1v) is 10.1. The predicted molar refractivity (Wildman–Crippen MR) is 121 cm³/mol. The molecule has 2 heterocycles. The van der Waals surface area contributed by atoms with Crippen LogP contribution >= 0.6 is 15.9 Å². The van der Waals surface area contributed by atoms with Crippen molar-refractivity contribution < 1.29 is 14.2 Å². The molecule has 0 saturated carbocycles. The third kappa shape index (κ3) is 4.33. The second-order valence-corrected chi connectivity index (χ2v) is 7.34. The maximum Gasteiger partial charge on any atom is 0.155 e. The van der Waals surface area contributed by atoms with Gasteiger partial charge in [0.25, 0.3) is 0 Å². The standard InChI is InChI=1S/C22H21BrN4O3/c1-28-16-8-6-15(7-9-16)14-30-19-5-3-4-18(29-2)22(19)17-12-21(26-25-17)27-11-10-24-20(23)13-27/h3-10,12-13H,11,14H2,1-2H3,(H,25,26). The molecule has 7 nitrogen and oxygen atoms in total. The number of benzene rings is 2. The van der Waals surface area contributed by atoms with Crippen molar-refractivity contribution >= 4 is 28.0 Å². The quantitative estimate of drug-likeness (QED) is 0.506. The number of methoxy groups -OCH3 is 2. The summed E-state index contributed by atoms with van der Waals surface area (Å²) in [6, 6.07) is 15.5. The molecule has 1 aliphatic heterocycles. The van der Waals surface area contributed by atoms with Crippen molar-refractivity contribution in [2.24, 2.45) is 4.99 Å². The molecule has 0 radical (unpaired) electrons. The molecule has 0 atom stereocenters. The van der Waals surface area contributed by atoms with Crippen LogP contribution in [0.25, 0.3) is 11.3 Å². The molecule has 3 aromatic rings. The number of aliphatic imine (C=N–C) groups is 1. The van der Waals surface area contributed by atoms with Crippen molar-refractivity contribution in [2.45, 2.75) is 6.61 Å². The van der Waals surface area contributed by atoms with E-state index in [-0.39, 0.29) is 0 Å². The molecule has 4 rings (SSSR count). The van der Waals surface area contributed by atoms with Crippen molar-refractivity contribution in [3.8, 4) is 28.5 Å². The molecule has 1 aliphatic rings. The number of nitrogens with zero attached hydrogens (tertiary/aromatic N) is 3. The van der Waals surface area contributed by atoms with Gasteiger partial charge in [-0.05, 0) is 45.8 Å². The Morgan fingerprint density at radius 1 is 1.07 bits per heavy atom. The zero-order chi connectivity index (χ0) is 20.9. The van der Waals surface area contributed by atoms with E-state index in [0.717, 1.165) is 33.0 Å². The third-order valence-corrected chi connectivity index (χ3v) is 5.05. The van der Waals surface area contributed by atoms with Gasteiger partial charge in [-0.15, -0.1) is 0 Å². The number of nitrogens with one attached hydrogen (secondary N) is 1. The highest BCUT2D eigenvalue weighted by Crippen LogP contribution is 2.39. The lowest BCUT2D eigenvalue weighted by Crippen LogP contribution is -2.21. The van der Waals surface area contributed by atoms with Crippen LogP contribution in [0.3, 0.4) is 0 Å². The Bertz CT molecular complexity index is 1080. The van der Waals surface area contributed by atoms with Crippen LogP contribution in [0.5, 0.6) is 17.2 Å². The number of ether oxygens (including phenoxy) is 3. The Hall–Kier alpha value is -3.26. The first-order chi connectivity index (χ1) is 14.7. The van der Waals surface area contributed by atoms with Gasteiger partial charge in [-0.3, -0.25) is 10.1 Å². The van der Waals surface area contributed by atoms with Gasteiger partial charge in [-0.25, -0.2) is 0 Å². The molecular weight excluding hydrogens is 448 g/mol. The Balaban J connectivity index is 1.60. The maximum atomic E-state index is 6.14. The molecule has 0 unspecified atom stereocenters. The molecule has 0 bridgehead atoms. The van der Waals surface area contributed by atoms with E-state index < -0.39 is 0 Å². The molecular formula is C22H21BrN4O3. The van der Waals surface area contributed by atoms with Gasteiger partial charge in [-0.1, -0.05) is 18.2 Å². The van der Waals surface area contributed by atoms with E-state index in [1.807, 2.05) is 65.8 Å². The van der Waals surface area contributed by atoms with E-state index in [2.05, 4.69) is 31.1 Å². The van der Waals surface area contributed by atoms with Gasteiger partial charge in [0.1, 0.15) is 28.5 Å². The molecule has 1 N–H and O–H groups in total. The van der Waals surface area contributed by atoms with E-state index in [9.17, 15) is 0 Å². The average Bonchev–Trinajstić information content (AvgIpc) is 3.27. The molecule has 0 fully saturated rings. The van der Waals surface area contributed by atoms with Crippen molar-refractivity contribution in [1.29, 1.82) is 0 Å². The van der Waals surface area contributed by atoms with Crippen LogP contribution in [0.2, 0.25) is 0 Å². The highest BCUT2D eigenvalue weighted by atomic mass is 79.9. The summed E-state index contributed by atoms with van der Waals surface area (Å²) >= 11 is 3.40. The van der Waals surface area contributed by atoms with E-state index in [1.54, 1.807) is 14.2 Å². The van der Waals surface area contributed by atoms with Crippen molar-refractivity contribution in [3.05, 3.63) is 64.9 Å². The van der Waals surface area contributed by atoms with Crippen LogP contribution in [-0.4, -0.2) is 37.2 Å². The topological polar surface area (TPSA) is 72.0 Å². The van der Waals surface area contributed by atoms with Gasteiger partial charge in [0, 0.05) is 18.5 Å². The Morgan fingerprint density at radius 2 is 1.87 bits per heavy atom. The number of anilines is 1. The normalized spacial score (nSPS) is 13.2. The number of hydrogen-bond donors (Lipinski definition) is 1. The van der Waals surface area contributed by atoms with Gasteiger partial charge >= 0.3 is 0 Å². The smallest absolute Gasteiger partial charge is 0.155 e. The fourth-order valence-corrected chi connectivity index (χ4v) is 3.52. The highest BCUT2D eigenvalue weighted by Gasteiger charge is 2.18. The lowest BCUT2D eigenvalue weighted by molar-refractivity contribution is 0.305. The van der Waals surface area contributed by atoms with Crippen molar-refractivity contribution in [3.63, 3.8) is 0 Å². The summed E-state index contributed by atoms with van der Waals surface area (Å²) in [4.78, 5) is 6.19. The van der Waals surface area contributed by atoms with Crippen LogP contribution in [0.15, 0.2) is 64.3 Å². The molecule has 1 aromatic heterocycles. The summed E-state index contributed by atoms with van der Waals surface area (Å²) in [5, 5.41) is 7.56. The van der Waals surface area contributed by atoms with Gasteiger partial charge in [0.15, 0.2) is 5.82 Å². The van der Waals surface area contributed by atoms with E-state index in [1.165, 1.54) is 0 Å². The van der Waals surface area contributed by atoms with Gasteiger partial charge in [0.05, 0.1) is 32.0 Å². The molecule has 8 heteroatoms. The Labute approximate surface area is 183 Å². The summed E-state index contributed by atoms with van der Waals surface area (Å²) in [5.74, 6) is 3.00. The zero-order valence-corrected chi connectivity index (χ0v) is 18.2. The highest BCUT2D eigenvalue weighted by molar-refractivity contribution is 9.11. The molecule has 2 aromatic carbocycles. The molecule has 0 amide bonds. The Kier molecular flexibility index (Phi) is 6.04. The zero-order valence-electron chi connectivity index (χ0n) is 16.6. The fraction of sp³-hybridized carbons (Fsp3) is 0.182. The van der Waals surface area contributed by atoms with Crippen LogP contribution < -0.4 is 19.1 Å². The monoisotopic (exact) mass is 468 g/mol. The largest absolute Gasteiger partial charge is 0.497 e. The summed E-state index contributed by atoms with van der Waals surface area (Å²) in [6.07, 6.45) is 3.72. The second kappa shape index (κ2) is 9.04. The SMILES string of the molecule is COc1ccc(COc2cccc(OC)c2-c2cc(N3C=C(Br)N=CC3)n[nH]2)cc1. The molecule has 30 heavy (non-hydrogen) atoms. The average molecular weight is 469 g/mol. The second-order valence-electron chi connectivity index (χ2n) is 6.53. The number of halogens is 1. The van der Waals surface area contributed by atoms with Crippen LogP contribution in [0.4, 0.5) is 5.82 Å². The van der Waals surface area contributed by atoms with E-state index in [0.29, 0.717) is 24.7 Å². The lowest BCUT2D eigenvalue weighted by atomic mass is 10.1. The molecule has 154 valence electrons. The fourth-order valence-electron chi connectivity index (χ4n) is 3.13. The van der Waals surface area contributed by atoms with Gasteiger partial charge in [0.2, 0.25) is 0 Å². The summed E-state index contributed by atoms with van der Waals surface area (Å²) in [7, 11) is 3.29. The maximum absolute atomic E-state index is 6.14. The number of H-pyrrole nitrogens is 1. The number of hydrogen-bond acceptors (Lipinski definition) is 6. The summed E-state index contributed by atoms with van der Waals surface area (Å²) in [5.41, 5.74) is 2.66. The first-order valence-electron chi connectivity index (χ1n) is 9.33. The summed E-state index contributed by atoms with van der Waals surface area (Å²) < 4.78 is 17.7. The van der Waals surface area contributed by atoms with E-state index >= 15 is 0 Å². The van der Waals surface area contributed by atoms with E-state index in [4.69, 9.17) is 14.2 Å². The van der Waals surface area contributed by atoms with Crippen LogP contribution in [0, 0.1) is 0 Å². The van der Waals surface area contributed by atoms with Gasteiger partial charge < -0.3 is 19.1 Å². The minimum atomic E-state index is 0.420. The number of rotatable bonds is 7. The minimum Gasteiger partial charge on any atom is -0.497 e. The molecule has 0 spiro atoms. The minimum absolute atomic E-state index is 0.420. The number of aromatic nitrogens is 2.